The van der Waals surface area contributed by atoms with Crippen molar-refractivity contribution < 1.29 is 22.7 Å². The third kappa shape index (κ3) is 2.23. The van der Waals surface area contributed by atoms with E-state index in [1.165, 1.54) is 0 Å². The Morgan fingerprint density at radius 2 is 1.69 bits per heavy atom. The van der Waals surface area contributed by atoms with Crippen LogP contribution in [-0.4, -0.2) is 43.4 Å². The smallest absolute Gasteiger partial charge is 0.190 e. The number of ether oxygens (including phenoxy) is 2. The van der Waals surface area contributed by atoms with Crippen LogP contribution in [-0.2, 0) is 24.1 Å². The minimum absolute atomic E-state index is 0.0381. The zero-order valence-corrected chi connectivity index (χ0v) is 18.8. The molecular formula is C25H22O5S2. The molecule has 3 saturated heterocycles. The Morgan fingerprint density at radius 3 is 2.44 bits per heavy atom. The van der Waals surface area contributed by atoms with Crippen LogP contribution in [0.5, 0.6) is 0 Å². The maximum absolute atomic E-state index is 14.3. The molecule has 4 heterocycles. The lowest BCUT2D eigenvalue weighted by Crippen LogP contribution is -2.62. The van der Waals surface area contributed by atoms with E-state index in [-0.39, 0.29) is 29.6 Å². The Morgan fingerprint density at radius 1 is 0.969 bits per heavy atom. The van der Waals surface area contributed by atoms with Crippen molar-refractivity contribution in [3.05, 3.63) is 71.6 Å². The lowest BCUT2D eigenvalue weighted by Gasteiger charge is -2.44. The molecule has 1 aliphatic carbocycles. The number of hydrogen-bond donors (Lipinski definition) is 0. The second-order valence-corrected chi connectivity index (χ2v) is 12.7. The van der Waals surface area contributed by atoms with Gasteiger partial charge in [-0.15, -0.1) is 0 Å². The van der Waals surface area contributed by atoms with Crippen LogP contribution in [0.1, 0.15) is 12.8 Å². The number of Topliss-reactive ketones (excluding diaryl/α,β-unsaturated/α-hetero) is 1. The van der Waals surface area contributed by atoms with E-state index in [1.54, 1.807) is 36.0 Å². The minimum atomic E-state index is -3.77. The minimum Gasteiger partial charge on any atom is -0.372 e. The van der Waals surface area contributed by atoms with Gasteiger partial charge in [-0.3, -0.25) is 4.79 Å². The summed E-state index contributed by atoms with van der Waals surface area (Å²) in [6, 6.07) is 18.7. The SMILES string of the molecule is O=C1CC[C@@H]2[C@H]1[C@@H]1O[C@H]2[C@]2(S(=O)(=O)c3ccccc3)[C@H]1[C@H]1O[C@@H]2C=C1Sc1ccccc1. The number of benzene rings is 2. The van der Waals surface area contributed by atoms with Crippen LogP contribution < -0.4 is 0 Å². The predicted octanol–water partition coefficient (Wildman–Crippen LogP) is 3.65. The largest absolute Gasteiger partial charge is 0.372 e. The lowest BCUT2D eigenvalue weighted by atomic mass is 9.65. The molecule has 0 N–H and O–H groups in total. The monoisotopic (exact) mass is 466 g/mol. The highest BCUT2D eigenvalue weighted by atomic mass is 32.2. The van der Waals surface area contributed by atoms with E-state index in [4.69, 9.17) is 9.47 Å². The lowest BCUT2D eigenvalue weighted by molar-refractivity contribution is -0.123. The van der Waals surface area contributed by atoms with Gasteiger partial charge in [0, 0.05) is 28.1 Å². The van der Waals surface area contributed by atoms with Crippen LogP contribution in [0.2, 0.25) is 0 Å². The van der Waals surface area contributed by atoms with Gasteiger partial charge in [0.2, 0.25) is 0 Å². The van der Waals surface area contributed by atoms with Crippen LogP contribution in [0.3, 0.4) is 0 Å². The molecule has 5 aliphatic rings. The molecule has 0 spiro atoms. The third-order valence-electron chi connectivity index (χ3n) is 8.08. The first-order chi connectivity index (χ1) is 15.5. The molecule has 5 nitrogen and oxygen atoms in total. The standard InChI is InChI=1S/C25H22O5S2/c26-17-12-11-16-20(17)23-21-22-18(31-14-7-3-1-4-8-14)13-19(29-22)25(21,24(16)30-23)32(27,28)15-9-5-2-6-10-15/h1-10,13,16,19-24H,11-12H2/t16-,19-,20-,21+,22+,23+,24-,25-/m1/s1. The predicted molar refractivity (Wildman–Crippen MR) is 119 cm³/mol. The number of carbonyl (C=O) groups excluding carboxylic acids is 1. The summed E-state index contributed by atoms with van der Waals surface area (Å²) in [4.78, 5) is 15.2. The van der Waals surface area contributed by atoms with Gasteiger partial charge in [-0.1, -0.05) is 48.2 Å². The highest BCUT2D eigenvalue weighted by molar-refractivity contribution is 8.03. The second-order valence-electron chi connectivity index (χ2n) is 9.37. The summed E-state index contributed by atoms with van der Waals surface area (Å²) >= 11 is 1.62. The van der Waals surface area contributed by atoms with E-state index in [2.05, 4.69) is 0 Å². The summed E-state index contributed by atoms with van der Waals surface area (Å²) in [6.07, 6.45) is 1.40. The van der Waals surface area contributed by atoms with Gasteiger partial charge in [0.25, 0.3) is 0 Å². The Balaban J connectivity index is 1.38. The Hall–Kier alpha value is -1.93. The molecule has 0 amide bonds. The Labute approximate surface area is 191 Å². The third-order valence-corrected chi connectivity index (χ3v) is 11.8. The number of rotatable bonds is 4. The fraction of sp³-hybridized carbons (Fsp3) is 0.400. The van der Waals surface area contributed by atoms with Gasteiger partial charge in [0.15, 0.2) is 9.84 Å². The molecule has 0 aromatic heterocycles. The zero-order valence-electron chi connectivity index (χ0n) is 17.2. The quantitative estimate of drug-likeness (QED) is 0.685. The van der Waals surface area contributed by atoms with Gasteiger partial charge in [-0.25, -0.2) is 8.42 Å². The molecule has 8 atom stereocenters. The highest BCUT2D eigenvalue weighted by Gasteiger charge is 2.82. The van der Waals surface area contributed by atoms with Gasteiger partial charge < -0.3 is 9.47 Å². The van der Waals surface area contributed by atoms with Gasteiger partial charge >= 0.3 is 0 Å². The summed E-state index contributed by atoms with van der Waals surface area (Å²) < 4.78 is 40.3. The topological polar surface area (TPSA) is 69.7 Å². The van der Waals surface area contributed by atoms with Crippen molar-refractivity contribution in [1.82, 2.24) is 0 Å². The van der Waals surface area contributed by atoms with Crippen molar-refractivity contribution in [3.63, 3.8) is 0 Å². The molecule has 32 heavy (non-hydrogen) atoms. The molecular weight excluding hydrogens is 444 g/mol. The van der Waals surface area contributed by atoms with E-state index in [9.17, 15) is 13.2 Å². The summed E-state index contributed by atoms with van der Waals surface area (Å²) in [5.41, 5.74) is 0. The zero-order chi connectivity index (χ0) is 21.7. The summed E-state index contributed by atoms with van der Waals surface area (Å²) in [5.74, 6) is -0.390. The highest BCUT2D eigenvalue weighted by Crippen LogP contribution is 2.69. The molecule has 4 fully saturated rings. The molecule has 0 radical (unpaired) electrons. The number of fused-ring (bicyclic) bond motifs is 12. The van der Waals surface area contributed by atoms with Crippen LogP contribution in [0.25, 0.3) is 0 Å². The maximum atomic E-state index is 14.3. The van der Waals surface area contributed by atoms with Gasteiger partial charge in [0.05, 0.1) is 23.2 Å². The van der Waals surface area contributed by atoms with Gasteiger partial charge in [0.1, 0.15) is 16.6 Å². The molecule has 1 saturated carbocycles. The first kappa shape index (κ1) is 19.5. The molecule has 4 aliphatic heterocycles. The molecule has 7 heteroatoms. The van der Waals surface area contributed by atoms with E-state index >= 15 is 0 Å². The Bertz CT molecular complexity index is 1240. The fourth-order valence-corrected chi connectivity index (χ4v) is 10.6. The van der Waals surface area contributed by atoms with Gasteiger partial charge in [-0.05, 0) is 42.7 Å². The fourth-order valence-electron chi connectivity index (χ4n) is 6.98. The maximum Gasteiger partial charge on any atom is 0.190 e. The van der Waals surface area contributed by atoms with E-state index < -0.39 is 32.9 Å². The van der Waals surface area contributed by atoms with E-state index in [0.29, 0.717) is 17.7 Å². The first-order valence-electron chi connectivity index (χ1n) is 11.1. The van der Waals surface area contributed by atoms with E-state index in [1.807, 2.05) is 42.5 Å². The molecule has 7 rings (SSSR count). The molecule has 164 valence electrons. The number of carbonyl (C=O) groups is 1. The van der Waals surface area contributed by atoms with Crippen LogP contribution >= 0.6 is 11.8 Å². The average Bonchev–Trinajstić information content (AvgIpc) is 3.59. The van der Waals surface area contributed by atoms with Crippen molar-refractivity contribution in [2.75, 3.05) is 0 Å². The van der Waals surface area contributed by atoms with Crippen molar-refractivity contribution in [2.24, 2.45) is 17.8 Å². The molecule has 2 aromatic rings. The summed E-state index contributed by atoms with van der Waals surface area (Å²) in [6.45, 7) is 0. The number of hydrogen-bond acceptors (Lipinski definition) is 6. The second kappa shape index (κ2) is 6.56. The van der Waals surface area contributed by atoms with E-state index in [0.717, 1.165) is 9.80 Å². The van der Waals surface area contributed by atoms with Crippen molar-refractivity contribution >= 4 is 27.4 Å². The van der Waals surface area contributed by atoms with Crippen molar-refractivity contribution in [3.8, 4) is 0 Å². The molecule has 0 unspecified atom stereocenters. The number of thioether (sulfide) groups is 1. The first-order valence-corrected chi connectivity index (χ1v) is 13.4. The van der Waals surface area contributed by atoms with Crippen LogP contribution in [0, 0.1) is 17.8 Å². The van der Waals surface area contributed by atoms with Crippen LogP contribution in [0.4, 0.5) is 0 Å². The number of sulfone groups is 1. The summed E-state index contributed by atoms with van der Waals surface area (Å²) in [7, 11) is -3.77. The normalized spacial score (nSPS) is 41.1. The van der Waals surface area contributed by atoms with Gasteiger partial charge in [-0.2, -0.15) is 0 Å². The van der Waals surface area contributed by atoms with Crippen LogP contribution in [0.15, 0.2) is 81.4 Å². The van der Waals surface area contributed by atoms with Crippen molar-refractivity contribution in [1.29, 1.82) is 0 Å². The molecule has 4 bridgehead atoms. The Kier molecular flexibility index (Phi) is 4.01. The number of ketones is 1. The average molecular weight is 467 g/mol. The van der Waals surface area contributed by atoms with Crippen molar-refractivity contribution in [2.45, 2.75) is 51.8 Å². The summed E-state index contributed by atoms with van der Waals surface area (Å²) in [5, 5.41) is 0. The molecule has 2 aromatic carbocycles.